The van der Waals surface area contributed by atoms with Crippen LogP contribution in [0.4, 0.5) is 16.0 Å². The molecular formula is C10H9FN6O3. The predicted molar refractivity (Wildman–Crippen MR) is 64.5 cm³/mol. The summed E-state index contributed by atoms with van der Waals surface area (Å²) in [6.45, 7) is 1.33. The summed E-state index contributed by atoms with van der Waals surface area (Å²) in [5.41, 5.74) is -0.832. The summed E-state index contributed by atoms with van der Waals surface area (Å²) in [6, 6.07) is 1.90. The van der Waals surface area contributed by atoms with E-state index in [4.69, 9.17) is 0 Å². The molecule has 0 unspecified atom stereocenters. The van der Waals surface area contributed by atoms with Crippen molar-refractivity contribution in [3.8, 4) is 0 Å². The summed E-state index contributed by atoms with van der Waals surface area (Å²) in [7, 11) is 1.49. The second-order valence-electron chi connectivity index (χ2n) is 3.94. The van der Waals surface area contributed by atoms with Crippen molar-refractivity contribution in [3.63, 3.8) is 0 Å². The number of amides is 1. The number of nitro groups is 1. The van der Waals surface area contributed by atoms with E-state index < -0.39 is 22.2 Å². The number of aromatic nitrogens is 4. The van der Waals surface area contributed by atoms with Crippen LogP contribution in [0.1, 0.15) is 15.9 Å². The second-order valence-corrected chi connectivity index (χ2v) is 3.94. The largest absolute Gasteiger partial charge is 0.288 e. The van der Waals surface area contributed by atoms with Crippen LogP contribution in [-0.2, 0) is 7.05 Å². The van der Waals surface area contributed by atoms with Crippen LogP contribution >= 0.6 is 0 Å². The Kier molecular flexibility index (Phi) is 3.37. The lowest BCUT2D eigenvalue weighted by Gasteiger charge is -2.05. The van der Waals surface area contributed by atoms with Gasteiger partial charge in [0.2, 0.25) is 0 Å². The fourth-order valence-corrected chi connectivity index (χ4v) is 1.52. The van der Waals surface area contributed by atoms with Crippen LogP contribution in [-0.4, -0.2) is 31.0 Å². The van der Waals surface area contributed by atoms with Crippen LogP contribution in [0.3, 0.4) is 0 Å². The zero-order chi connectivity index (χ0) is 14.9. The van der Waals surface area contributed by atoms with Crippen LogP contribution in [0.5, 0.6) is 0 Å². The number of carbonyl (C=O) groups is 1. The first-order chi connectivity index (χ1) is 9.38. The van der Waals surface area contributed by atoms with Crippen LogP contribution < -0.4 is 5.32 Å². The number of rotatable bonds is 3. The first-order valence-corrected chi connectivity index (χ1v) is 5.38. The third kappa shape index (κ3) is 2.58. The van der Waals surface area contributed by atoms with E-state index in [9.17, 15) is 19.3 Å². The molecule has 0 radical (unpaired) electrons. The van der Waals surface area contributed by atoms with E-state index in [1.165, 1.54) is 14.0 Å². The van der Waals surface area contributed by atoms with Gasteiger partial charge in [-0.2, -0.15) is 4.80 Å². The van der Waals surface area contributed by atoms with Crippen molar-refractivity contribution in [2.45, 2.75) is 6.92 Å². The smallest absolute Gasteiger partial charge is 0.270 e. The van der Waals surface area contributed by atoms with Crippen molar-refractivity contribution in [3.05, 3.63) is 39.2 Å². The van der Waals surface area contributed by atoms with Crippen molar-refractivity contribution in [2.75, 3.05) is 5.32 Å². The highest BCUT2D eigenvalue weighted by Gasteiger charge is 2.20. The number of aryl methyl sites for hydroxylation is 2. The molecule has 0 aliphatic heterocycles. The Morgan fingerprint density at radius 2 is 2.20 bits per heavy atom. The molecular weight excluding hydrogens is 271 g/mol. The van der Waals surface area contributed by atoms with Crippen molar-refractivity contribution in [1.29, 1.82) is 0 Å². The maximum absolute atomic E-state index is 13.9. The number of benzene rings is 1. The Bertz CT molecular complexity index is 698. The minimum absolute atomic E-state index is 0.00328. The molecule has 1 amide bonds. The van der Waals surface area contributed by atoms with E-state index in [-0.39, 0.29) is 17.2 Å². The fourth-order valence-electron chi connectivity index (χ4n) is 1.52. The number of hydrogen-bond acceptors (Lipinski definition) is 6. The molecule has 1 aromatic heterocycles. The van der Waals surface area contributed by atoms with Gasteiger partial charge in [-0.1, -0.05) is 5.10 Å². The minimum atomic E-state index is -0.887. The van der Waals surface area contributed by atoms with Gasteiger partial charge in [-0.05, 0) is 17.7 Å². The molecule has 0 atom stereocenters. The molecule has 1 heterocycles. The standard InChI is InChI=1S/C10H9FN6O3/c1-5-3-6(17(19)20)4-7(8(5)11)9(18)12-10-13-15-16(2)14-10/h3-4H,1-2H3,(H,12,14,18). The number of nitrogens with zero attached hydrogens (tertiary/aromatic N) is 5. The van der Waals surface area contributed by atoms with Crippen LogP contribution in [0.25, 0.3) is 0 Å². The van der Waals surface area contributed by atoms with Gasteiger partial charge in [0.25, 0.3) is 17.5 Å². The van der Waals surface area contributed by atoms with Gasteiger partial charge in [-0.3, -0.25) is 20.2 Å². The molecule has 0 aliphatic rings. The highest BCUT2D eigenvalue weighted by molar-refractivity contribution is 6.04. The molecule has 0 fully saturated rings. The molecule has 0 saturated heterocycles. The number of nitrogens with one attached hydrogen (secondary N) is 1. The summed E-state index contributed by atoms with van der Waals surface area (Å²) in [5, 5.41) is 23.6. The van der Waals surface area contributed by atoms with E-state index in [0.717, 1.165) is 16.9 Å². The van der Waals surface area contributed by atoms with Gasteiger partial charge >= 0.3 is 0 Å². The minimum Gasteiger partial charge on any atom is -0.288 e. The van der Waals surface area contributed by atoms with Gasteiger partial charge in [0.05, 0.1) is 17.5 Å². The SMILES string of the molecule is Cc1cc([N+](=O)[O-])cc(C(=O)Nc2nnn(C)n2)c1F. The molecule has 2 aromatic rings. The Morgan fingerprint density at radius 3 is 2.75 bits per heavy atom. The summed E-state index contributed by atoms with van der Waals surface area (Å²) in [6.07, 6.45) is 0. The Hall–Kier alpha value is -2.91. The highest BCUT2D eigenvalue weighted by atomic mass is 19.1. The van der Waals surface area contributed by atoms with Crippen molar-refractivity contribution >= 4 is 17.5 Å². The van der Waals surface area contributed by atoms with E-state index in [1.807, 2.05) is 0 Å². The van der Waals surface area contributed by atoms with E-state index in [2.05, 4.69) is 20.7 Å². The van der Waals surface area contributed by atoms with Crippen LogP contribution in [0, 0.1) is 22.9 Å². The third-order valence-corrected chi connectivity index (χ3v) is 2.43. The number of hydrogen-bond donors (Lipinski definition) is 1. The number of tetrazole rings is 1. The monoisotopic (exact) mass is 280 g/mol. The van der Waals surface area contributed by atoms with Crippen LogP contribution in [0.2, 0.25) is 0 Å². The van der Waals surface area contributed by atoms with Crippen molar-refractivity contribution < 1.29 is 14.1 Å². The van der Waals surface area contributed by atoms with Gasteiger partial charge in [-0.15, -0.1) is 5.10 Å². The number of nitro benzene ring substituents is 1. The number of non-ortho nitro benzene ring substituents is 1. The first-order valence-electron chi connectivity index (χ1n) is 5.38. The molecule has 1 aromatic carbocycles. The molecule has 104 valence electrons. The summed E-state index contributed by atoms with van der Waals surface area (Å²) < 4.78 is 13.9. The van der Waals surface area contributed by atoms with Gasteiger partial charge in [-0.25, -0.2) is 4.39 Å². The third-order valence-electron chi connectivity index (χ3n) is 2.43. The number of carbonyl (C=O) groups excluding carboxylic acids is 1. The average Bonchev–Trinajstić information content (AvgIpc) is 2.77. The zero-order valence-corrected chi connectivity index (χ0v) is 10.5. The molecule has 1 N–H and O–H groups in total. The summed E-state index contributed by atoms with van der Waals surface area (Å²) >= 11 is 0. The van der Waals surface area contributed by atoms with Gasteiger partial charge in [0, 0.05) is 12.1 Å². The highest BCUT2D eigenvalue weighted by Crippen LogP contribution is 2.21. The van der Waals surface area contributed by atoms with Gasteiger partial charge in [0.15, 0.2) is 0 Å². The lowest BCUT2D eigenvalue weighted by molar-refractivity contribution is -0.385. The number of anilines is 1. The normalized spacial score (nSPS) is 10.3. The van der Waals surface area contributed by atoms with E-state index in [0.29, 0.717) is 0 Å². The molecule has 0 bridgehead atoms. The molecule has 10 heteroatoms. The van der Waals surface area contributed by atoms with Crippen molar-refractivity contribution in [1.82, 2.24) is 20.2 Å². The Balaban J connectivity index is 2.36. The van der Waals surface area contributed by atoms with E-state index >= 15 is 0 Å². The maximum Gasteiger partial charge on any atom is 0.270 e. The molecule has 20 heavy (non-hydrogen) atoms. The van der Waals surface area contributed by atoms with Crippen molar-refractivity contribution in [2.24, 2.45) is 7.05 Å². The van der Waals surface area contributed by atoms with Gasteiger partial charge < -0.3 is 0 Å². The molecule has 2 rings (SSSR count). The molecule has 9 nitrogen and oxygen atoms in total. The zero-order valence-electron chi connectivity index (χ0n) is 10.5. The quantitative estimate of drug-likeness (QED) is 0.657. The van der Waals surface area contributed by atoms with E-state index in [1.54, 1.807) is 0 Å². The Morgan fingerprint density at radius 1 is 1.50 bits per heavy atom. The summed E-state index contributed by atoms with van der Waals surface area (Å²) in [5.74, 6) is -1.85. The molecule has 0 spiro atoms. The second kappa shape index (κ2) is 4.99. The lowest BCUT2D eigenvalue weighted by atomic mass is 10.1. The van der Waals surface area contributed by atoms with Gasteiger partial charge in [0.1, 0.15) is 5.82 Å². The maximum atomic E-state index is 13.9. The molecule has 0 aliphatic carbocycles. The topological polar surface area (TPSA) is 116 Å². The fraction of sp³-hybridized carbons (Fsp3) is 0.200. The number of halogens is 1. The summed E-state index contributed by atoms with van der Waals surface area (Å²) in [4.78, 5) is 23.0. The first kappa shape index (κ1) is 13.5. The Labute approximate surface area is 111 Å². The predicted octanol–water partition coefficient (Wildman–Crippen LogP) is 0.818. The van der Waals surface area contributed by atoms with Crippen LogP contribution in [0.15, 0.2) is 12.1 Å². The lowest BCUT2D eigenvalue weighted by Crippen LogP contribution is -2.16. The average molecular weight is 280 g/mol. The molecule has 0 saturated carbocycles.